The van der Waals surface area contributed by atoms with Crippen molar-refractivity contribution >= 4 is 28.0 Å². The van der Waals surface area contributed by atoms with E-state index >= 15 is 0 Å². The molecule has 0 spiro atoms. The van der Waals surface area contributed by atoms with Crippen LogP contribution in [0.25, 0.3) is 33.5 Å². The van der Waals surface area contributed by atoms with Gasteiger partial charge in [-0.3, -0.25) is 4.79 Å². The van der Waals surface area contributed by atoms with Crippen LogP contribution in [0.2, 0.25) is 0 Å². The van der Waals surface area contributed by atoms with Crippen molar-refractivity contribution in [3.05, 3.63) is 42.5 Å². The Kier molecular flexibility index (Phi) is 3.90. The molecule has 0 amide bonds. The minimum Gasteiger partial charge on any atom is -0.481 e. The van der Waals surface area contributed by atoms with E-state index in [9.17, 15) is 18.7 Å². The number of halogens is 2. The summed E-state index contributed by atoms with van der Waals surface area (Å²) in [6, 6.07) is 1.00. The highest BCUT2D eigenvalue weighted by molar-refractivity contribution is 5.92. The van der Waals surface area contributed by atoms with Crippen molar-refractivity contribution in [2.75, 3.05) is 0 Å². The number of pyridine rings is 1. The molecule has 0 saturated heterocycles. The van der Waals surface area contributed by atoms with Crippen LogP contribution in [0.5, 0.6) is 0 Å². The molecule has 7 rings (SSSR count). The van der Waals surface area contributed by atoms with Crippen molar-refractivity contribution in [3.8, 4) is 11.4 Å². The summed E-state index contributed by atoms with van der Waals surface area (Å²) in [6.45, 7) is 0. The molecule has 4 aromatic heterocycles. The Labute approximate surface area is 175 Å². The van der Waals surface area contributed by atoms with E-state index in [-0.39, 0.29) is 23.3 Å². The van der Waals surface area contributed by atoms with Crippen LogP contribution < -0.4 is 0 Å². The average molecular weight is 423 g/mol. The van der Waals surface area contributed by atoms with Crippen molar-refractivity contribution in [2.45, 2.75) is 31.7 Å². The van der Waals surface area contributed by atoms with Gasteiger partial charge in [-0.05, 0) is 43.6 Å². The minimum absolute atomic E-state index is 0.0944. The monoisotopic (exact) mass is 423 g/mol. The maximum Gasteiger partial charge on any atom is 0.308 e. The Balaban J connectivity index is 1.53. The van der Waals surface area contributed by atoms with Gasteiger partial charge in [0.1, 0.15) is 17.1 Å². The zero-order valence-electron chi connectivity index (χ0n) is 16.4. The molecule has 3 fully saturated rings. The van der Waals surface area contributed by atoms with E-state index in [0.29, 0.717) is 28.1 Å². The minimum atomic E-state index is -0.839. The number of carboxylic acids is 1. The SMILES string of the molecule is O=C(O)C1C2CCC(CC2)[C@H]1n1cc(F)c2cnc(-c3c[nH]c4ncc(F)cc34)nc21. The van der Waals surface area contributed by atoms with Crippen LogP contribution in [0, 0.1) is 29.4 Å². The molecule has 9 heteroatoms. The molecule has 1 unspecified atom stereocenters. The first kappa shape index (κ1) is 18.4. The van der Waals surface area contributed by atoms with E-state index in [1.54, 1.807) is 10.8 Å². The molecule has 2 bridgehead atoms. The fraction of sp³-hybridized carbons (Fsp3) is 0.364. The van der Waals surface area contributed by atoms with Gasteiger partial charge in [0.05, 0.1) is 23.5 Å². The first-order chi connectivity index (χ1) is 15.0. The number of rotatable bonds is 3. The van der Waals surface area contributed by atoms with Crippen molar-refractivity contribution in [1.29, 1.82) is 0 Å². The number of nitrogens with zero attached hydrogens (tertiary/aromatic N) is 4. The van der Waals surface area contributed by atoms with E-state index < -0.39 is 23.5 Å². The number of H-pyrrole nitrogens is 1. The van der Waals surface area contributed by atoms with Gasteiger partial charge in [-0.1, -0.05) is 0 Å². The molecule has 0 aliphatic heterocycles. The molecule has 158 valence electrons. The third kappa shape index (κ3) is 2.68. The smallest absolute Gasteiger partial charge is 0.308 e. The molecule has 3 aliphatic carbocycles. The summed E-state index contributed by atoms with van der Waals surface area (Å²) in [5, 5.41) is 10.7. The third-order valence-corrected chi connectivity index (χ3v) is 7.04. The summed E-state index contributed by atoms with van der Waals surface area (Å²) < 4.78 is 30.3. The summed E-state index contributed by atoms with van der Waals surface area (Å²) in [5.41, 5.74) is 1.42. The Morgan fingerprint density at radius 2 is 1.87 bits per heavy atom. The normalized spacial score (nSPS) is 25.5. The highest BCUT2D eigenvalue weighted by Gasteiger charge is 2.48. The zero-order valence-corrected chi connectivity index (χ0v) is 16.4. The molecule has 0 radical (unpaired) electrons. The van der Waals surface area contributed by atoms with E-state index in [2.05, 4.69) is 19.9 Å². The Morgan fingerprint density at radius 3 is 2.65 bits per heavy atom. The number of aromatic nitrogens is 5. The van der Waals surface area contributed by atoms with Crippen molar-refractivity contribution in [2.24, 2.45) is 17.8 Å². The highest BCUT2D eigenvalue weighted by Crippen LogP contribution is 2.52. The van der Waals surface area contributed by atoms with Gasteiger partial charge in [0.25, 0.3) is 0 Å². The Morgan fingerprint density at radius 1 is 1.10 bits per heavy atom. The van der Waals surface area contributed by atoms with Crippen LogP contribution in [0.15, 0.2) is 30.9 Å². The fourth-order valence-corrected chi connectivity index (χ4v) is 5.68. The molecule has 3 saturated carbocycles. The standard InChI is InChI=1S/C22H19F2N5O2/c23-12-5-13-14(7-26-19(13)25-6-12)20-27-8-15-16(24)9-29(21(15)28-20)18-11-3-1-10(2-4-11)17(18)22(30)31/h5-11,17-18H,1-4H2,(H,25,26)(H,30,31)/t10?,11?,17?,18-/m1/s1. The molecule has 3 aliphatic rings. The summed E-state index contributed by atoms with van der Waals surface area (Å²) in [6.07, 6.45) is 9.20. The van der Waals surface area contributed by atoms with Gasteiger partial charge in [-0.25, -0.2) is 23.7 Å². The van der Waals surface area contributed by atoms with Gasteiger partial charge in [0.15, 0.2) is 11.6 Å². The Bertz CT molecular complexity index is 1340. The molecular formula is C22H19F2N5O2. The predicted molar refractivity (Wildman–Crippen MR) is 108 cm³/mol. The summed E-state index contributed by atoms with van der Waals surface area (Å²) in [5.74, 6) is -1.78. The molecule has 2 N–H and O–H groups in total. The van der Waals surface area contributed by atoms with Crippen LogP contribution in [-0.2, 0) is 4.79 Å². The first-order valence-electron chi connectivity index (χ1n) is 10.4. The summed E-state index contributed by atoms with van der Waals surface area (Å²) in [4.78, 5) is 28.0. The van der Waals surface area contributed by atoms with Crippen LogP contribution in [0.4, 0.5) is 8.78 Å². The maximum absolute atomic E-state index is 14.8. The highest BCUT2D eigenvalue weighted by atomic mass is 19.1. The lowest BCUT2D eigenvalue weighted by Gasteiger charge is -2.47. The van der Waals surface area contributed by atoms with Gasteiger partial charge in [-0.15, -0.1) is 0 Å². The predicted octanol–water partition coefficient (Wildman–Crippen LogP) is 4.31. The third-order valence-electron chi connectivity index (χ3n) is 7.04. The molecule has 2 atom stereocenters. The number of carbonyl (C=O) groups is 1. The number of aromatic amines is 1. The molecule has 0 aromatic carbocycles. The van der Waals surface area contributed by atoms with Crippen LogP contribution in [0.3, 0.4) is 0 Å². The first-order valence-corrected chi connectivity index (χ1v) is 10.4. The molecule has 7 nitrogen and oxygen atoms in total. The second kappa shape index (κ2) is 6.57. The van der Waals surface area contributed by atoms with Gasteiger partial charge < -0.3 is 14.7 Å². The van der Waals surface area contributed by atoms with Gasteiger partial charge in [0.2, 0.25) is 0 Å². The second-order valence-corrected chi connectivity index (χ2v) is 8.60. The van der Waals surface area contributed by atoms with Gasteiger partial charge >= 0.3 is 5.97 Å². The summed E-state index contributed by atoms with van der Waals surface area (Å²) in [7, 11) is 0. The molecular weight excluding hydrogens is 404 g/mol. The lowest BCUT2D eigenvalue weighted by molar-refractivity contribution is -0.151. The largest absolute Gasteiger partial charge is 0.481 e. The maximum atomic E-state index is 14.8. The molecule has 4 heterocycles. The quantitative estimate of drug-likeness (QED) is 0.512. The number of fused-ring (bicyclic) bond motifs is 5. The van der Waals surface area contributed by atoms with Crippen LogP contribution in [-0.4, -0.2) is 35.6 Å². The van der Waals surface area contributed by atoms with Crippen molar-refractivity contribution in [3.63, 3.8) is 0 Å². The van der Waals surface area contributed by atoms with E-state index in [4.69, 9.17) is 0 Å². The van der Waals surface area contributed by atoms with Crippen molar-refractivity contribution in [1.82, 2.24) is 24.5 Å². The second-order valence-electron chi connectivity index (χ2n) is 8.60. The van der Waals surface area contributed by atoms with E-state index in [1.807, 2.05) is 0 Å². The lowest BCUT2D eigenvalue weighted by atomic mass is 9.61. The molecule has 31 heavy (non-hydrogen) atoms. The average Bonchev–Trinajstić information content (AvgIpc) is 3.34. The Hall–Kier alpha value is -3.36. The number of aliphatic carboxylic acids is 1. The molecule has 4 aromatic rings. The van der Waals surface area contributed by atoms with Gasteiger partial charge in [-0.2, -0.15) is 0 Å². The number of hydrogen-bond acceptors (Lipinski definition) is 4. The number of nitrogens with one attached hydrogen (secondary N) is 1. The van der Waals surface area contributed by atoms with Crippen LogP contribution >= 0.6 is 0 Å². The van der Waals surface area contributed by atoms with Gasteiger partial charge in [0, 0.05) is 29.5 Å². The lowest BCUT2D eigenvalue weighted by Crippen LogP contribution is -2.44. The fourth-order valence-electron chi connectivity index (χ4n) is 5.68. The topological polar surface area (TPSA) is 96.7 Å². The zero-order chi connectivity index (χ0) is 21.3. The van der Waals surface area contributed by atoms with Crippen LogP contribution in [0.1, 0.15) is 31.7 Å². The van der Waals surface area contributed by atoms with Crippen molar-refractivity contribution < 1.29 is 18.7 Å². The van der Waals surface area contributed by atoms with E-state index in [1.165, 1.54) is 18.5 Å². The number of hydrogen-bond donors (Lipinski definition) is 2. The van der Waals surface area contributed by atoms with E-state index in [0.717, 1.165) is 31.9 Å². The number of carboxylic acid groups (broad SMARTS) is 1. The summed E-state index contributed by atoms with van der Waals surface area (Å²) >= 11 is 0.